The minimum Gasteiger partial charge on any atom is -0.398 e. The van der Waals surface area contributed by atoms with Crippen molar-refractivity contribution in [1.82, 2.24) is 4.98 Å². The highest BCUT2D eigenvalue weighted by atomic mass is 19.3. The molecule has 0 spiro atoms. The number of hydrogen-bond donors (Lipinski definition) is 1. The summed E-state index contributed by atoms with van der Waals surface area (Å²) in [4.78, 5) is 3.40. The van der Waals surface area contributed by atoms with Gasteiger partial charge in [0.2, 0.25) is 0 Å². The third-order valence-electron chi connectivity index (χ3n) is 2.11. The van der Waals surface area contributed by atoms with Gasteiger partial charge in [0.05, 0.1) is 0 Å². The molecule has 0 saturated heterocycles. The van der Waals surface area contributed by atoms with Crippen molar-refractivity contribution in [3.05, 3.63) is 35.5 Å². The fourth-order valence-corrected chi connectivity index (χ4v) is 1.41. The third-order valence-corrected chi connectivity index (χ3v) is 2.11. The first-order valence-electron chi connectivity index (χ1n) is 4.32. The van der Waals surface area contributed by atoms with Gasteiger partial charge < -0.3 is 5.73 Å². The lowest BCUT2D eigenvalue weighted by Crippen LogP contribution is -1.98. The Labute approximate surface area is 87.7 Å². The molecule has 0 aliphatic heterocycles. The number of pyridine rings is 1. The maximum atomic E-state index is 13.3. The summed E-state index contributed by atoms with van der Waals surface area (Å²) in [5.41, 5.74) is 4.32. The summed E-state index contributed by atoms with van der Waals surface area (Å²) in [5.74, 6) is -1.84. The van der Waals surface area contributed by atoms with E-state index in [9.17, 15) is 17.6 Å². The van der Waals surface area contributed by atoms with Gasteiger partial charge in [0, 0.05) is 17.1 Å². The minimum atomic E-state index is -2.85. The Kier molecular flexibility index (Phi) is 2.41. The lowest BCUT2D eigenvalue weighted by Gasteiger charge is -2.06. The van der Waals surface area contributed by atoms with E-state index in [1.54, 1.807) is 0 Å². The van der Waals surface area contributed by atoms with Gasteiger partial charge in [-0.2, -0.15) is 0 Å². The number of benzene rings is 1. The molecule has 1 aromatic heterocycles. The van der Waals surface area contributed by atoms with E-state index in [2.05, 4.69) is 4.98 Å². The number of aromatic nitrogens is 1. The van der Waals surface area contributed by atoms with E-state index < -0.39 is 23.8 Å². The molecule has 6 heteroatoms. The van der Waals surface area contributed by atoms with Crippen molar-refractivity contribution in [3.63, 3.8) is 0 Å². The molecular formula is C10H6F4N2. The first-order chi connectivity index (χ1) is 7.49. The van der Waals surface area contributed by atoms with Crippen LogP contribution < -0.4 is 5.73 Å². The number of alkyl halides is 2. The summed E-state index contributed by atoms with van der Waals surface area (Å²) in [7, 11) is 0. The summed E-state index contributed by atoms with van der Waals surface area (Å²) < 4.78 is 50.9. The second-order valence-corrected chi connectivity index (χ2v) is 3.22. The van der Waals surface area contributed by atoms with Crippen molar-refractivity contribution in [2.24, 2.45) is 0 Å². The maximum absolute atomic E-state index is 13.3. The molecule has 0 aliphatic carbocycles. The normalized spacial score (nSPS) is 11.3. The summed E-state index contributed by atoms with van der Waals surface area (Å²) in [6, 6.07) is 2.44. The van der Waals surface area contributed by atoms with E-state index in [-0.39, 0.29) is 16.6 Å². The van der Waals surface area contributed by atoms with Gasteiger partial charge in [0.1, 0.15) is 17.0 Å². The van der Waals surface area contributed by atoms with Crippen LogP contribution in [0.25, 0.3) is 10.9 Å². The number of hydrogen-bond acceptors (Lipinski definition) is 2. The molecule has 2 aromatic rings. The summed E-state index contributed by atoms with van der Waals surface area (Å²) in [5, 5.41) is -0.0121. The van der Waals surface area contributed by atoms with Crippen LogP contribution in [0.5, 0.6) is 0 Å². The number of nitrogen functional groups attached to an aromatic ring is 1. The molecule has 0 atom stereocenters. The maximum Gasteiger partial charge on any atom is 0.280 e. The molecule has 2 nitrogen and oxygen atoms in total. The second kappa shape index (κ2) is 3.62. The van der Waals surface area contributed by atoms with Crippen LogP contribution >= 0.6 is 0 Å². The van der Waals surface area contributed by atoms with Crippen LogP contribution in [0.2, 0.25) is 0 Å². The van der Waals surface area contributed by atoms with Crippen molar-refractivity contribution in [1.29, 1.82) is 0 Å². The topological polar surface area (TPSA) is 38.9 Å². The van der Waals surface area contributed by atoms with Crippen LogP contribution in [-0.2, 0) is 0 Å². The predicted octanol–water partition coefficient (Wildman–Crippen LogP) is 3.03. The number of nitrogens with zero attached hydrogens (tertiary/aromatic N) is 1. The first kappa shape index (κ1) is 10.7. The summed E-state index contributed by atoms with van der Waals surface area (Å²) in [6.45, 7) is 0. The lowest BCUT2D eigenvalue weighted by molar-refractivity contribution is 0.146. The van der Waals surface area contributed by atoms with Crippen LogP contribution in [0, 0.1) is 11.6 Å². The van der Waals surface area contributed by atoms with E-state index >= 15 is 0 Å². The predicted molar refractivity (Wildman–Crippen MR) is 51.0 cm³/mol. The van der Waals surface area contributed by atoms with Gasteiger partial charge >= 0.3 is 0 Å². The molecule has 0 unspecified atom stereocenters. The van der Waals surface area contributed by atoms with Gasteiger partial charge in [-0.3, -0.25) is 0 Å². The molecule has 16 heavy (non-hydrogen) atoms. The molecule has 2 rings (SSSR count). The Bertz CT molecular complexity index is 554. The van der Waals surface area contributed by atoms with E-state index in [1.165, 1.54) is 0 Å². The zero-order chi connectivity index (χ0) is 11.9. The number of fused-ring (bicyclic) bond motifs is 1. The van der Waals surface area contributed by atoms with Crippen molar-refractivity contribution < 1.29 is 17.6 Å². The van der Waals surface area contributed by atoms with E-state index in [1.807, 2.05) is 0 Å². The van der Waals surface area contributed by atoms with Crippen LogP contribution in [0.3, 0.4) is 0 Å². The quantitative estimate of drug-likeness (QED) is 0.764. The molecule has 1 aromatic carbocycles. The third kappa shape index (κ3) is 1.66. The van der Waals surface area contributed by atoms with Gasteiger partial charge in [0.25, 0.3) is 6.43 Å². The molecule has 84 valence electrons. The second-order valence-electron chi connectivity index (χ2n) is 3.22. The van der Waals surface area contributed by atoms with Gasteiger partial charge in [-0.05, 0) is 12.1 Å². The van der Waals surface area contributed by atoms with Crippen LogP contribution in [0.1, 0.15) is 12.1 Å². The molecule has 1 heterocycles. The Balaban J connectivity index is 2.82. The van der Waals surface area contributed by atoms with Crippen LogP contribution in [0.4, 0.5) is 23.2 Å². The highest BCUT2D eigenvalue weighted by Crippen LogP contribution is 2.27. The number of halogens is 4. The van der Waals surface area contributed by atoms with E-state index in [0.29, 0.717) is 6.07 Å². The molecule has 0 bridgehead atoms. The lowest BCUT2D eigenvalue weighted by atomic mass is 10.1. The minimum absolute atomic E-state index is 0.0121. The van der Waals surface area contributed by atoms with Crippen molar-refractivity contribution >= 4 is 16.6 Å². The smallest absolute Gasteiger partial charge is 0.280 e. The Morgan fingerprint density at radius 3 is 2.44 bits per heavy atom. The average molecular weight is 230 g/mol. The first-order valence-corrected chi connectivity index (χ1v) is 4.32. The molecule has 0 radical (unpaired) electrons. The Morgan fingerprint density at radius 1 is 1.12 bits per heavy atom. The number of rotatable bonds is 1. The van der Waals surface area contributed by atoms with Gasteiger partial charge in [0.15, 0.2) is 5.82 Å². The highest BCUT2D eigenvalue weighted by molar-refractivity contribution is 5.90. The van der Waals surface area contributed by atoms with Crippen LogP contribution in [0.15, 0.2) is 18.2 Å². The molecular weight excluding hydrogens is 224 g/mol. The Morgan fingerprint density at radius 2 is 1.81 bits per heavy atom. The molecule has 0 fully saturated rings. The van der Waals surface area contributed by atoms with Crippen molar-refractivity contribution in [3.8, 4) is 0 Å². The molecule has 0 aliphatic rings. The van der Waals surface area contributed by atoms with E-state index in [4.69, 9.17) is 5.73 Å². The largest absolute Gasteiger partial charge is 0.398 e. The highest BCUT2D eigenvalue weighted by Gasteiger charge is 2.15. The van der Waals surface area contributed by atoms with Crippen molar-refractivity contribution in [2.45, 2.75) is 6.43 Å². The fourth-order valence-electron chi connectivity index (χ4n) is 1.41. The summed E-state index contributed by atoms with van der Waals surface area (Å²) in [6.07, 6.45) is -2.85. The molecule has 0 saturated carbocycles. The van der Waals surface area contributed by atoms with Crippen molar-refractivity contribution in [2.75, 3.05) is 5.73 Å². The van der Waals surface area contributed by atoms with Crippen LogP contribution in [-0.4, -0.2) is 4.98 Å². The van der Waals surface area contributed by atoms with E-state index in [0.717, 1.165) is 12.1 Å². The van der Waals surface area contributed by atoms with Gasteiger partial charge in [-0.1, -0.05) is 0 Å². The van der Waals surface area contributed by atoms with Gasteiger partial charge in [-0.15, -0.1) is 0 Å². The zero-order valence-corrected chi connectivity index (χ0v) is 7.85. The Hall–Kier alpha value is -1.85. The standard InChI is InChI=1S/C10H6F4N2/c11-4-1-5-7(15)3-8(10(13)14)16-9(5)6(12)2-4/h1-3,10H,(H2,15,16). The zero-order valence-electron chi connectivity index (χ0n) is 7.85. The molecule has 0 amide bonds. The number of nitrogens with two attached hydrogens (primary N) is 1. The fraction of sp³-hybridized carbons (Fsp3) is 0.100. The number of anilines is 1. The average Bonchev–Trinajstić information content (AvgIpc) is 2.19. The van der Waals surface area contributed by atoms with Gasteiger partial charge in [-0.25, -0.2) is 22.5 Å². The summed E-state index contributed by atoms with van der Waals surface area (Å²) >= 11 is 0. The monoisotopic (exact) mass is 230 g/mol. The molecule has 2 N–H and O–H groups in total. The SMILES string of the molecule is Nc1cc(C(F)F)nc2c(F)cc(F)cc12.